The number of rotatable bonds is 6. The molecule has 0 radical (unpaired) electrons. The molecule has 0 bridgehead atoms. The summed E-state index contributed by atoms with van der Waals surface area (Å²) in [6, 6.07) is 1.62. The molecule has 1 amide bonds. The van der Waals surface area contributed by atoms with Crippen molar-refractivity contribution in [3.05, 3.63) is 23.5 Å². The monoisotopic (exact) mass is 287 g/mol. The summed E-state index contributed by atoms with van der Waals surface area (Å²) in [7, 11) is -2.02. The Morgan fingerprint density at radius 1 is 1.47 bits per heavy atom. The van der Waals surface area contributed by atoms with Crippen LogP contribution < -0.4 is 21.3 Å². The largest absolute Gasteiger partial charge is 0.351 e. The van der Waals surface area contributed by atoms with Crippen molar-refractivity contribution >= 4 is 21.6 Å². The minimum atomic E-state index is -3.34. The number of hydrogen-bond acceptors (Lipinski definition) is 6. The average molecular weight is 287 g/mol. The maximum absolute atomic E-state index is 11.8. The van der Waals surface area contributed by atoms with E-state index in [2.05, 4.69) is 20.4 Å². The normalized spacial score (nSPS) is 11.1. The molecule has 106 valence electrons. The van der Waals surface area contributed by atoms with Crippen LogP contribution in [0.5, 0.6) is 0 Å². The summed E-state index contributed by atoms with van der Waals surface area (Å²) >= 11 is 0. The van der Waals surface area contributed by atoms with E-state index in [1.807, 2.05) is 0 Å². The summed E-state index contributed by atoms with van der Waals surface area (Å²) in [5.74, 6) is 4.68. The predicted molar refractivity (Wildman–Crippen MR) is 72.0 cm³/mol. The molecular formula is C10H17N5O3S. The highest BCUT2D eigenvalue weighted by Crippen LogP contribution is 2.13. The lowest BCUT2D eigenvalue weighted by atomic mass is 10.2. The van der Waals surface area contributed by atoms with Crippen molar-refractivity contribution in [3.8, 4) is 0 Å². The Morgan fingerprint density at radius 3 is 2.74 bits per heavy atom. The van der Waals surface area contributed by atoms with Gasteiger partial charge in [0.15, 0.2) is 0 Å². The number of hydrogen-bond donors (Lipinski definition) is 4. The quantitative estimate of drug-likeness (QED) is 0.391. The zero-order valence-electron chi connectivity index (χ0n) is 10.7. The van der Waals surface area contributed by atoms with Crippen molar-refractivity contribution in [2.75, 3.05) is 24.8 Å². The first-order valence-electron chi connectivity index (χ1n) is 5.52. The molecule has 1 aromatic heterocycles. The lowest BCUT2D eigenvalue weighted by molar-refractivity contribution is 0.0956. The van der Waals surface area contributed by atoms with Crippen LogP contribution >= 0.6 is 0 Å². The second-order valence-corrected chi connectivity index (χ2v) is 5.84. The molecular weight excluding hydrogens is 270 g/mol. The number of nitrogens with one attached hydrogen (secondary N) is 3. The van der Waals surface area contributed by atoms with E-state index >= 15 is 0 Å². The molecule has 1 heterocycles. The van der Waals surface area contributed by atoms with Gasteiger partial charge in [0.2, 0.25) is 10.0 Å². The SMILES string of the molecule is CNS(=O)(=O)CCNC(=O)c1cnc(C)cc1NN. The van der Waals surface area contributed by atoms with E-state index in [4.69, 9.17) is 5.84 Å². The molecule has 0 aliphatic heterocycles. The highest BCUT2D eigenvalue weighted by Gasteiger charge is 2.13. The van der Waals surface area contributed by atoms with Gasteiger partial charge in [0, 0.05) is 18.4 Å². The van der Waals surface area contributed by atoms with E-state index in [9.17, 15) is 13.2 Å². The Labute approximate surface area is 111 Å². The molecule has 8 nitrogen and oxygen atoms in total. The fourth-order valence-corrected chi connectivity index (χ4v) is 1.93. The van der Waals surface area contributed by atoms with Crippen LogP contribution in [0, 0.1) is 6.92 Å². The maximum Gasteiger partial charge on any atom is 0.255 e. The number of hydrazine groups is 1. The maximum atomic E-state index is 11.8. The number of nitrogens with two attached hydrogens (primary N) is 1. The zero-order valence-corrected chi connectivity index (χ0v) is 11.5. The third-order valence-electron chi connectivity index (χ3n) is 2.41. The number of amides is 1. The van der Waals surface area contributed by atoms with E-state index in [-0.39, 0.29) is 17.9 Å². The van der Waals surface area contributed by atoms with Gasteiger partial charge in [-0.3, -0.25) is 15.6 Å². The molecule has 0 unspecified atom stereocenters. The number of aryl methyl sites for hydroxylation is 1. The second-order valence-electron chi connectivity index (χ2n) is 3.79. The number of sulfonamides is 1. The average Bonchev–Trinajstić information content (AvgIpc) is 2.38. The second kappa shape index (κ2) is 6.45. The Balaban J connectivity index is 2.69. The third-order valence-corrected chi connectivity index (χ3v) is 3.77. The number of pyridine rings is 1. The predicted octanol–water partition coefficient (Wildman–Crippen LogP) is -1.05. The molecule has 0 saturated carbocycles. The van der Waals surface area contributed by atoms with E-state index in [1.54, 1.807) is 13.0 Å². The van der Waals surface area contributed by atoms with Crippen LogP contribution in [0.1, 0.15) is 16.1 Å². The first-order valence-corrected chi connectivity index (χ1v) is 7.17. The highest BCUT2D eigenvalue weighted by atomic mass is 32.2. The fraction of sp³-hybridized carbons (Fsp3) is 0.400. The minimum absolute atomic E-state index is 0.000105. The summed E-state index contributed by atoms with van der Waals surface area (Å²) in [6.07, 6.45) is 1.38. The number of carbonyl (C=O) groups excluding carboxylic acids is 1. The van der Waals surface area contributed by atoms with Gasteiger partial charge in [-0.05, 0) is 20.0 Å². The van der Waals surface area contributed by atoms with Gasteiger partial charge in [-0.15, -0.1) is 0 Å². The van der Waals surface area contributed by atoms with Crippen LogP contribution in [0.3, 0.4) is 0 Å². The first kappa shape index (κ1) is 15.3. The van der Waals surface area contributed by atoms with Gasteiger partial charge < -0.3 is 10.7 Å². The summed E-state index contributed by atoms with van der Waals surface area (Å²) in [4.78, 5) is 15.8. The zero-order chi connectivity index (χ0) is 14.5. The molecule has 0 saturated heterocycles. The number of aromatic nitrogens is 1. The van der Waals surface area contributed by atoms with Gasteiger partial charge in [0.25, 0.3) is 5.91 Å². The summed E-state index contributed by atoms with van der Waals surface area (Å²) in [5.41, 5.74) is 3.81. The summed E-state index contributed by atoms with van der Waals surface area (Å²) in [6.45, 7) is 1.77. The van der Waals surface area contributed by atoms with E-state index < -0.39 is 15.9 Å². The summed E-state index contributed by atoms with van der Waals surface area (Å²) in [5, 5.41) is 2.49. The Hall–Kier alpha value is -1.71. The van der Waals surface area contributed by atoms with Crippen LogP contribution in [-0.4, -0.2) is 38.7 Å². The van der Waals surface area contributed by atoms with Crippen molar-refractivity contribution in [2.24, 2.45) is 5.84 Å². The number of nitrogens with zero attached hydrogens (tertiary/aromatic N) is 1. The number of carbonyl (C=O) groups is 1. The number of nitrogen functional groups attached to an aromatic ring is 1. The molecule has 9 heteroatoms. The first-order chi connectivity index (χ1) is 8.89. The molecule has 19 heavy (non-hydrogen) atoms. The minimum Gasteiger partial charge on any atom is -0.351 e. The molecule has 0 aliphatic carbocycles. The third kappa shape index (κ3) is 4.47. The molecule has 1 rings (SSSR count). The van der Waals surface area contributed by atoms with Crippen molar-refractivity contribution in [1.82, 2.24) is 15.0 Å². The van der Waals surface area contributed by atoms with Crippen LogP contribution in [0.2, 0.25) is 0 Å². The molecule has 0 aromatic carbocycles. The van der Waals surface area contributed by atoms with Gasteiger partial charge in [-0.2, -0.15) is 0 Å². The van der Waals surface area contributed by atoms with Crippen molar-refractivity contribution in [2.45, 2.75) is 6.92 Å². The molecule has 0 spiro atoms. The molecule has 1 aromatic rings. The van der Waals surface area contributed by atoms with E-state index in [0.717, 1.165) is 0 Å². The van der Waals surface area contributed by atoms with Gasteiger partial charge in [0.05, 0.1) is 17.0 Å². The topological polar surface area (TPSA) is 126 Å². The Morgan fingerprint density at radius 2 is 2.16 bits per heavy atom. The van der Waals surface area contributed by atoms with E-state index in [0.29, 0.717) is 11.4 Å². The van der Waals surface area contributed by atoms with Crippen LogP contribution in [-0.2, 0) is 10.0 Å². The van der Waals surface area contributed by atoms with Crippen molar-refractivity contribution in [1.29, 1.82) is 0 Å². The van der Waals surface area contributed by atoms with Gasteiger partial charge in [0.1, 0.15) is 0 Å². The van der Waals surface area contributed by atoms with E-state index in [1.165, 1.54) is 13.2 Å². The van der Waals surface area contributed by atoms with Gasteiger partial charge in [-0.25, -0.2) is 13.1 Å². The Bertz CT molecular complexity index is 558. The fourth-order valence-electron chi connectivity index (χ4n) is 1.36. The summed E-state index contributed by atoms with van der Waals surface area (Å²) < 4.78 is 24.5. The lowest BCUT2D eigenvalue weighted by Crippen LogP contribution is -2.33. The smallest absolute Gasteiger partial charge is 0.255 e. The van der Waals surface area contributed by atoms with Crippen molar-refractivity contribution in [3.63, 3.8) is 0 Å². The number of anilines is 1. The molecule has 0 fully saturated rings. The van der Waals surface area contributed by atoms with Crippen molar-refractivity contribution < 1.29 is 13.2 Å². The highest BCUT2D eigenvalue weighted by molar-refractivity contribution is 7.89. The standard InChI is InChI=1S/C10H17N5O3S/c1-7-5-9(15-11)8(6-14-7)10(16)13-3-4-19(17,18)12-2/h5-6,12H,3-4,11H2,1-2H3,(H,13,16)(H,14,15). The Kier molecular flexibility index (Phi) is 5.21. The van der Waals surface area contributed by atoms with Gasteiger partial charge >= 0.3 is 0 Å². The van der Waals surface area contributed by atoms with Crippen LogP contribution in [0.4, 0.5) is 5.69 Å². The molecule has 5 N–H and O–H groups in total. The molecule has 0 atom stereocenters. The molecule has 0 aliphatic rings. The van der Waals surface area contributed by atoms with Gasteiger partial charge in [-0.1, -0.05) is 0 Å². The van der Waals surface area contributed by atoms with Crippen LogP contribution in [0.15, 0.2) is 12.3 Å². The van der Waals surface area contributed by atoms with Crippen LogP contribution in [0.25, 0.3) is 0 Å². The lowest BCUT2D eigenvalue weighted by Gasteiger charge is -2.10.